The lowest BCUT2D eigenvalue weighted by atomic mass is 10.0. The minimum atomic E-state index is -0.142. The molecule has 23 heavy (non-hydrogen) atoms. The Bertz CT molecular complexity index is 724. The summed E-state index contributed by atoms with van der Waals surface area (Å²) in [5, 5.41) is 0. The van der Waals surface area contributed by atoms with Crippen molar-refractivity contribution in [1.29, 1.82) is 0 Å². The van der Waals surface area contributed by atoms with Crippen molar-refractivity contribution in [2.75, 3.05) is 11.9 Å². The summed E-state index contributed by atoms with van der Waals surface area (Å²) < 4.78 is 0. The molecule has 0 radical (unpaired) electrons. The first-order valence-electron chi connectivity index (χ1n) is 7.75. The van der Waals surface area contributed by atoms with E-state index < -0.39 is 0 Å². The molecule has 0 saturated heterocycles. The van der Waals surface area contributed by atoms with Gasteiger partial charge in [0.25, 0.3) is 0 Å². The lowest BCUT2D eigenvalue weighted by molar-refractivity contribution is 0.851. The molecule has 0 spiro atoms. The van der Waals surface area contributed by atoms with Crippen LogP contribution in [0.1, 0.15) is 22.7 Å². The minimum absolute atomic E-state index is 0.142. The highest BCUT2D eigenvalue weighted by Gasteiger charge is 2.10. The van der Waals surface area contributed by atoms with Gasteiger partial charge in [0.1, 0.15) is 5.82 Å². The standard InChI is InChI=1S/C20H21N3/c1-23(15-16-8-4-2-5-9-16)19-13-12-18(14-22-19)20(21)17-10-6-3-7-11-17/h2-14,20H,15,21H2,1H3/t20-/m0/s1. The van der Waals surface area contributed by atoms with Crippen molar-refractivity contribution in [1.82, 2.24) is 4.98 Å². The third-order valence-electron chi connectivity index (χ3n) is 3.94. The zero-order valence-corrected chi connectivity index (χ0v) is 13.3. The second kappa shape index (κ2) is 7.07. The topological polar surface area (TPSA) is 42.1 Å². The smallest absolute Gasteiger partial charge is 0.128 e. The van der Waals surface area contributed by atoms with Crippen LogP contribution < -0.4 is 10.6 Å². The maximum atomic E-state index is 6.31. The summed E-state index contributed by atoms with van der Waals surface area (Å²) in [6.45, 7) is 0.831. The summed E-state index contributed by atoms with van der Waals surface area (Å²) in [7, 11) is 2.05. The lowest BCUT2D eigenvalue weighted by Gasteiger charge is -2.19. The van der Waals surface area contributed by atoms with Crippen LogP contribution in [0.5, 0.6) is 0 Å². The average molecular weight is 303 g/mol. The Morgan fingerprint density at radius 3 is 2.13 bits per heavy atom. The molecular weight excluding hydrogens is 282 g/mol. The molecule has 116 valence electrons. The Labute approximate surface area is 137 Å². The molecule has 3 nitrogen and oxygen atoms in total. The van der Waals surface area contributed by atoms with E-state index in [1.165, 1.54) is 5.56 Å². The van der Waals surface area contributed by atoms with Crippen LogP contribution in [0.15, 0.2) is 79.0 Å². The van der Waals surface area contributed by atoms with Gasteiger partial charge in [-0.05, 0) is 22.8 Å². The van der Waals surface area contributed by atoms with Gasteiger partial charge in [-0.15, -0.1) is 0 Å². The predicted octanol–water partition coefficient (Wildman–Crippen LogP) is 3.77. The molecule has 3 rings (SSSR count). The van der Waals surface area contributed by atoms with Crippen molar-refractivity contribution in [3.05, 3.63) is 95.7 Å². The fourth-order valence-electron chi connectivity index (χ4n) is 2.60. The number of pyridine rings is 1. The molecule has 0 aliphatic rings. The highest BCUT2D eigenvalue weighted by atomic mass is 15.2. The van der Waals surface area contributed by atoms with Crippen molar-refractivity contribution >= 4 is 5.82 Å². The lowest BCUT2D eigenvalue weighted by Crippen LogP contribution is -2.18. The van der Waals surface area contributed by atoms with Crippen LogP contribution in [0.4, 0.5) is 5.82 Å². The van der Waals surface area contributed by atoms with Gasteiger partial charge in [0.15, 0.2) is 0 Å². The normalized spacial score (nSPS) is 11.9. The number of rotatable bonds is 5. The first-order chi connectivity index (χ1) is 11.2. The highest BCUT2D eigenvalue weighted by Crippen LogP contribution is 2.21. The molecule has 0 bridgehead atoms. The van der Waals surface area contributed by atoms with E-state index in [0.29, 0.717) is 0 Å². The second-order valence-corrected chi connectivity index (χ2v) is 5.68. The van der Waals surface area contributed by atoms with E-state index in [9.17, 15) is 0 Å². The third-order valence-corrected chi connectivity index (χ3v) is 3.94. The monoisotopic (exact) mass is 303 g/mol. The fourth-order valence-corrected chi connectivity index (χ4v) is 2.60. The van der Waals surface area contributed by atoms with E-state index in [2.05, 4.69) is 40.2 Å². The van der Waals surface area contributed by atoms with E-state index in [-0.39, 0.29) is 6.04 Å². The molecule has 1 atom stereocenters. The SMILES string of the molecule is CN(Cc1ccccc1)c1ccc([C@@H](N)c2ccccc2)cn1. The molecule has 0 aliphatic carbocycles. The van der Waals surface area contributed by atoms with Gasteiger partial charge in [-0.1, -0.05) is 66.7 Å². The van der Waals surface area contributed by atoms with Crippen LogP contribution in [0.2, 0.25) is 0 Å². The molecule has 1 aromatic heterocycles. The zero-order chi connectivity index (χ0) is 16.1. The van der Waals surface area contributed by atoms with Gasteiger partial charge in [0.05, 0.1) is 6.04 Å². The maximum Gasteiger partial charge on any atom is 0.128 e. The average Bonchev–Trinajstić information content (AvgIpc) is 2.63. The third kappa shape index (κ3) is 3.76. The van der Waals surface area contributed by atoms with Gasteiger partial charge < -0.3 is 10.6 Å². The van der Waals surface area contributed by atoms with Crippen molar-refractivity contribution in [3.8, 4) is 0 Å². The van der Waals surface area contributed by atoms with Gasteiger partial charge in [-0.2, -0.15) is 0 Å². The van der Waals surface area contributed by atoms with Crippen LogP contribution in [0.3, 0.4) is 0 Å². The van der Waals surface area contributed by atoms with E-state index in [4.69, 9.17) is 5.73 Å². The van der Waals surface area contributed by atoms with Crippen molar-refractivity contribution in [2.45, 2.75) is 12.6 Å². The minimum Gasteiger partial charge on any atom is -0.355 e. The number of hydrogen-bond donors (Lipinski definition) is 1. The Hall–Kier alpha value is -2.65. The van der Waals surface area contributed by atoms with E-state index in [1.807, 2.05) is 55.7 Å². The van der Waals surface area contributed by atoms with Crippen LogP contribution in [-0.4, -0.2) is 12.0 Å². The Morgan fingerprint density at radius 1 is 0.870 bits per heavy atom. The van der Waals surface area contributed by atoms with Crippen molar-refractivity contribution < 1.29 is 0 Å². The van der Waals surface area contributed by atoms with E-state index in [1.54, 1.807) is 0 Å². The van der Waals surface area contributed by atoms with Gasteiger partial charge >= 0.3 is 0 Å². The molecule has 0 aliphatic heterocycles. The molecule has 0 unspecified atom stereocenters. The molecule has 0 saturated carbocycles. The molecule has 1 heterocycles. The molecule has 3 aromatic rings. The van der Waals surface area contributed by atoms with Gasteiger partial charge in [-0.25, -0.2) is 4.98 Å². The Morgan fingerprint density at radius 2 is 1.52 bits per heavy atom. The number of nitrogens with two attached hydrogens (primary N) is 1. The van der Waals surface area contributed by atoms with Crippen LogP contribution in [-0.2, 0) is 6.54 Å². The summed E-state index contributed by atoms with van der Waals surface area (Å²) in [6.07, 6.45) is 1.87. The van der Waals surface area contributed by atoms with Crippen molar-refractivity contribution in [2.24, 2.45) is 5.73 Å². The highest BCUT2D eigenvalue weighted by molar-refractivity contribution is 5.41. The number of nitrogens with zero attached hydrogens (tertiary/aromatic N) is 2. The Kier molecular flexibility index (Phi) is 4.69. The number of benzene rings is 2. The van der Waals surface area contributed by atoms with E-state index in [0.717, 1.165) is 23.5 Å². The quantitative estimate of drug-likeness (QED) is 0.780. The second-order valence-electron chi connectivity index (χ2n) is 5.68. The summed E-state index contributed by atoms with van der Waals surface area (Å²) in [5.74, 6) is 0.942. The van der Waals surface area contributed by atoms with Crippen molar-refractivity contribution in [3.63, 3.8) is 0 Å². The Balaban J connectivity index is 1.72. The number of anilines is 1. The molecule has 0 fully saturated rings. The van der Waals surface area contributed by atoms with Gasteiger partial charge in [0.2, 0.25) is 0 Å². The molecule has 2 N–H and O–H groups in total. The van der Waals surface area contributed by atoms with Crippen LogP contribution >= 0.6 is 0 Å². The van der Waals surface area contributed by atoms with E-state index >= 15 is 0 Å². The first kappa shape index (κ1) is 15.3. The summed E-state index contributed by atoms with van der Waals surface area (Å²) in [4.78, 5) is 6.70. The maximum absolute atomic E-state index is 6.31. The molecule has 2 aromatic carbocycles. The van der Waals surface area contributed by atoms with Crippen LogP contribution in [0.25, 0.3) is 0 Å². The van der Waals surface area contributed by atoms with Crippen LogP contribution in [0, 0.1) is 0 Å². The summed E-state index contributed by atoms with van der Waals surface area (Å²) in [6, 6.07) is 24.4. The molecular formula is C20H21N3. The predicted molar refractivity (Wildman–Crippen MR) is 95.3 cm³/mol. The fraction of sp³-hybridized carbons (Fsp3) is 0.150. The largest absolute Gasteiger partial charge is 0.355 e. The van der Waals surface area contributed by atoms with Gasteiger partial charge in [-0.3, -0.25) is 0 Å². The number of aromatic nitrogens is 1. The summed E-state index contributed by atoms with van der Waals surface area (Å²) in [5.41, 5.74) is 9.70. The van der Waals surface area contributed by atoms with Gasteiger partial charge in [0, 0.05) is 19.8 Å². The summed E-state index contributed by atoms with van der Waals surface area (Å²) >= 11 is 0. The zero-order valence-electron chi connectivity index (χ0n) is 13.3. The molecule has 3 heteroatoms. The first-order valence-corrected chi connectivity index (χ1v) is 7.75. The number of hydrogen-bond acceptors (Lipinski definition) is 3. The molecule has 0 amide bonds.